The van der Waals surface area contributed by atoms with E-state index in [1.54, 1.807) is 0 Å². The van der Waals surface area contributed by atoms with Gasteiger partial charge in [0.15, 0.2) is 0 Å². The van der Waals surface area contributed by atoms with Crippen molar-refractivity contribution in [2.45, 2.75) is 25.1 Å². The van der Waals surface area contributed by atoms with Gasteiger partial charge in [-0.1, -0.05) is 35.0 Å². The zero-order valence-electron chi connectivity index (χ0n) is 7.06. The molecule has 1 aromatic rings. The summed E-state index contributed by atoms with van der Waals surface area (Å²) in [6.45, 7) is 2.11. The Morgan fingerprint density at radius 1 is 1.33 bits per heavy atom. The quantitative estimate of drug-likeness (QED) is 0.708. The second-order valence-electron chi connectivity index (χ2n) is 2.84. The fourth-order valence-electron chi connectivity index (χ4n) is 1.02. The van der Waals surface area contributed by atoms with Gasteiger partial charge in [-0.3, -0.25) is 0 Å². The lowest BCUT2D eigenvalue weighted by Crippen LogP contribution is -2.00. The Labute approximate surface area is 87.1 Å². The van der Waals surface area contributed by atoms with Gasteiger partial charge in [0, 0.05) is 9.85 Å². The molecule has 0 radical (unpaired) electrons. The summed E-state index contributed by atoms with van der Waals surface area (Å²) in [5.74, 6) is 0. The molecular weight excluding hydrogens is 235 g/mol. The average molecular weight is 248 g/mol. The van der Waals surface area contributed by atoms with E-state index in [1.807, 2.05) is 0 Å². The molecule has 0 saturated carbocycles. The van der Waals surface area contributed by atoms with Gasteiger partial charge in [-0.2, -0.15) is 0 Å². The van der Waals surface area contributed by atoms with Gasteiger partial charge in [0.2, 0.25) is 0 Å². The third kappa shape index (κ3) is 3.16. The van der Waals surface area contributed by atoms with E-state index in [9.17, 15) is 0 Å². The first-order chi connectivity index (χ1) is 5.72. The molecule has 2 heteroatoms. The molecule has 1 rings (SSSR count). The average Bonchev–Trinajstić information content (AvgIpc) is 2.09. The molecule has 1 aromatic carbocycles. The van der Waals surface area contributed by atoms with Crippen LogP contribution >= 0.6 is 27.5 Å². The molecule has 0 bridgehead atoms. The highest BCUT2D eigenvalue weighted by atomic mass is 79.9. The first-order valence-corrected chi connectivity index (χ1v) is 5.34. The zero-order valence-corrected chi connectivity index (χ0v) is 9.40. The molecule has 0 saturated heterocycles. The van der Waals surface area contributed by atoms with Crippen LogP contribution in [-0.2, 0) is 6.42 Å². The van der Waals surface area contributed by atoms with Crippen molar-refractivity contribution in [1.29, 1.82) is 0 Å². The molecule has 66 valence electrons. The van der Waals surface area contributed by atoms with Gasteiger partial charge in [-0.25, -0.2) is 0 Å². The maximum absolute atomic E-state index is 6.03. The van der Waals surface area contributed by atoms with Crippen LogP contribution in [0.1, 0.15) is 18.9 Å². The van der Waals surface area contributed by atoms with Crippen LogP contribution in [0.25, 0.3) is 0 Å². The van der Waals surface area contributed by atoms with Crippen molar-refractivity contribution < 1.29 is 0 Å². The highest BCUT2D eigenvalue weighted by molar-refractivity contribution is 9.10. The molecule has 0 heterocycles. The van der Waals surface area contributed by atoms with Gasteiger partial charge in [-0.15, -0.1) is 11.6 Å². The lowest BCUT2D eigenvalue weighted by molar-refractivity contribution is 0.805. The van der Waals surface area contributed by atoms with E-state index in [0.29, 0.717) is 0 Å². The maximum atomic E-state index is 6.03. The Morgan fingerprint density at radius 3 is 2.42 bits per heavy atom. The molecule has 0 aliphatic carbocycles. The minimum Gasteiger partial charge on any atom is -0.123 e. The topological polar surface area (TPSA) is 0 Å². The van der Waals surface area contributed by atoms with Crippen molar-refractivity contribution >= 4 is 27.5 Å². The van der Waals surface area contributed by atoms with E-state index in [4.69, 9.17) is 11.6 Å². The van der Waals surface area contributed by atoms with Crippen LogP contribution in [0, 0.1) is 0 Å². The summed E-state index contributed by atoms with van der Waals surface area (Å²) in [4.78, 5) is 0. The molecule has 0 N–H and O–H groups in total. The van der Waals surface area contributed by atoms with Gasteiger partial charge in [0.1, 0.15) is 0 Å². The molecule has 0 aliphatic heterocycles. The second-order valence-corrected chi connectivity index (χ2v) is 4.37. The van der Waals surface area contributed by atoms with Gasteiger partial charge >= 0.3 is 0 Å². The van der Waals surface area contributed by atoms with Crippen LogP contribution < -0.4 is 0 Å². The number of alkyl halides is 1. The van der Waals surface area contributed by atoms with Crippen molar-refractivity contribution in [2.24, 2.45) is 0 Å². The predicted octanol–water partition coefficient (Wildman–Crippen LogP) is 4.01. The monoisotopic (exact) mass is 246 g/mol. The van der Waals surface area contributed by atoms with Crippen LogP contribution in [0.5, 0.6) is 0 Å². The predicted molar refractivity (Wildman–Crippen MR) is 57.8 cm³/mol. The number of hydrogen-bond acceptors (Lipinski definition) is 0. The normalized spacial score (nSPS) is 12.9. The largest absolute Gasteiger partial charge is 0.123 e. The van der Waals surface area contributed by atoms with E-state index in [0.717, 1.165) is 17.3 Å². The summed E-state index contributed by atoms with van der Waals surface area (Å²) in [5.41, 5.74) is 1.31. The van der Waals surface area contributed by atoms with Crippen molar-refractivity contribution in [2.75, 3.05) is 0 Å². The van der Waals surface area contributed by atoms with E-state index >= 15 is 0 Å². The van der Waals surface area contributed by atoms with Crippen LogP contribution in [-0.4, -0.2) is 5.38 Å². The second kappa shape index (κ2) is 4.88. The third-order valence-electron chi connectivity index (χ3n) is 1.81. The van der Waals surface area contributed by atoms with E-state index in [1.165, 1.54) is 5.56 Å². The van der Waals surface area contributed by atoms with Crippen molar-refractivity contribution in [3.8, 4) is 0 Å². The molecule has 0 amide bonds. The fraction of sp³-hybridized carbons (Fsp3) is 0.400. The Bertz CT molecular complexity index is 230. The molecule has 1 atom stereocenters. The number of rotatable bonds is 3. The molecule has 0 aromatic heterocycles. The molecule has 12 heavy (non-hydrogen) atoms. The number of benzene rings is 1. The smallest absolute Gasteiger partial charge is 0.0373 e. The van der Waals surface area contributed by atoms with Gasteiger partial charge in [0.05, 0.1) is 0 Å². The van der Waals surface area contributed by atoms with Gasteiger partial charge in [-0.05, 0) is 30.5 Å². The number of hydrogen-bond donors (Lipinski definition) is 0. The van der Waals surface area contributed by atoms with E-state index < -0.39 is 0 Å². The Morgan fingerprint density at radius 2 is 1.92 bits per heavy atom. The van der Waals surface area contributed by atoms with Gasteiger partial charge in [0.25, 0.3) is 0 Å². The molecule has 0 aliphatic rings. The highest BCUT2D eigenvalue weighted by Crippen LogP contribution is 2.14. The van der Waals surface area contributed by atoms with E-state index in [-0.39, 0.29) is 5.38 Å². The zero-order chi connectivity index (χ0) is 8.97. The summed E-state index contributed by atoms with van der Waals surface area (Å²) in [7, 11) is 0. The Hall–Kier alpha value is -0.0100. The first-order valence-electron chi connectivity index (χ1n) is 4.11. The summed E-state index contributed by atoms with van der Waals surface area (Å²) in [5, 5.41) is 0.270. The van der Waals surface area contributed by atoms with Crippen LogP contribution in [0.15, 0.2) is 28.7 Å². The third-order valence-corrected chi connectivity index (χ3v) is 2.81. The van der Waals surface area contributed by atoms with Crippen LogP contribution in [0.3, 0.4) is 0 Å². The standard InChI is InChI=1S/C10H12BrCl/c1-2-10(12)7-8-3-5-9(11)6-4-8/h3-6,10H,2,7H2,1H3. The first kappa shape index (κ1) is 10.1. The van der Waals surface area contributed by atoms with Crippen molar-refractivity contribution in [3.05, 3.63) is 34.3 Å². The summed E-state index contributed by atoms with van der Waals surface area (Å²) < 4.78 is 1.12. The Balaban J connectivity index is 2.58. The molecule has 0 spiro atoms. The molecular formula is C10H12BrCl. The van der Waals surface area contributed by atoms with Gasteiger partial charge < -0.3 is 0 Å². The summed E-state index contributed by atoms with van der Waals surface area (Å²) >= 11 is 9.42. The van der Waals surface area contributed by atoms with E-state index in [2.05, 4.69) is 47.1 Å². The maximum Gasteiger partial charge on any atom is 0.0373 e. The molecule has 0 nitrogen and oxygen atoms in total. The minimum atomic E-state index is 0.270. The lowest BCUT2D eigenvalue weighted by Gasteiger charge is -2.05. The summed E-state index contributed by atoms with van der Waals surface area (Å²) in [6, 6.07) is 8.31. The fourth-order valence-corrected chi connectivity index (χ4v) is 1.46. The molecule has 0 fully saturated rings. The lowest BCUT2D eigenvalue weighted by atomic mass is 10.1. The van der Waals surface area contributed by atoms with Crippen molar-refractivity contribution in [1.82, 2.24) is 0 Å². The van der Waals surface area contributed by atoms with Crippen LogP contribution in [0.2, 0.25) is 0 Å². The number of halogens is 2. The highest BCUT2D eigenvalue weighted by Gasteiger charge is 2.01. The Kier molecular flexibility index (Phi) is 4.10. The minimum absolute atomic E-state index is 0.270. The SMILES string of the molecule is CCC(Cl)Cc1ccc(Br)cc1. The molecule has 1 unspecified atom stereocenters. The van der Waals surface area contributed by atoms with Crippen molar-refractivity contribution in [3.63, 3.8) is 0 Å². The van der Waals surface area contributed by atoms with Crippen LogP contribution in [0.4, 0.5) is 0 Å². The summed E-state index contributed by atoms with van der Waals surface area (Å²) in [6.07, 6.45) is 1.99.